The number of carbonyl (C=O) groups excluding carboxylic acids is 2. The second-order valence-corrected chi connectivity index (χ2v) is 4.64. The Morgan fingerprint density at radius 3 is 2.45 bits per heavy atom. The third-order valence-corrected chi connectivity index (χ3v) is 3.10. The van der Waals surface area contributed by atoms with Crippen LogP contribution < -0.4 is 10.2 Å². The average molecular weight is 276 g/mol. The summed E-state index contributed by atoms with van der Waals surface area (Å²) in [5.74, 6) is -1.22. The quantitative estimate of drug-likeness (QED) is 0.855. The molecule has 1 fully saturated rings. The van der Waals surface area contributed by atoms with E-state index in [1.54, 1.807) is 29.2 Å². The number of aliphatic carboxylic acids is 1. The number of nitrogens with one attached hydrogen (secondary N) is 1. The number of rotatable bonds is 5. The van der Waals surface area contributed by atoms with Crippen LogP contribution in [-0.4, -0.2) is 29.4 Å². The molecule has 1 heterocycles. The van der Waals surface area contributed by atoms with Crippen LogP contribution in [0.2, 0.25) is 0 Å². The van der Waals surface area contributed by atoms with Gasteiger partial charge in [0.05, 0.1) is 6.42 Å². The maximum absolute atomic E-state index is 11.6. The van der Waals surface area contributed by atoms with Crippen molar-refractivity contribution in [1.29, 1.82) is 0 Å². The minimum Gasteiger partial charge on any atom is -0.481 e. The third-order valence-electron chi connectivity index (χ3n) is 3.10. The van der Waals surface area contributed by atoms with Gasteiger partial charge in [0.1, 0.15) is 0 Å². The molecule has 2 N–H and O–H groups in total. The molecular weight excluding hydrogens is 260 g/mol. The van der Waals surface area contributed by atoms with Gasteiger partial charge in [-0.2, -0.15) is 0 Å². The summed E-state index contributed by atoms with van der Waals surface area (Å²) < 4.78 is 0. The van der Waals surface area contributed by atoms with Crippen molar-refractivity contribution in [1.82, 2.24) is 0 Å². The molecule has 1 aliphatic heterocycles. The van der Waals surface area contributed by atoms with Gasteiger partial charge < -0.3 is 15.3 Å². The minimum absolute atomic E-state index is 0.0539. The molecule has 0 saturated carbocycles. The molecule has 1 aromatic rings. The van der Waals surface area contributed by atoms with Gasteiger partial charge in [0.25, 0.3) is 0 Å². The molecule has 0 radical (unpaired) electrons. The van der Waals surface area contributed by atoms with Crippen molar-refractivity contribution < 1.29 is 19.5 Å². The van der Waals surface area contributed by atoms with E-state index < -0.39 is 5.97 Å². The highest BCUT2D eigenvalue weighted by molar-refractivity contribution is 5.96. The van der Waals surface area contributed by atoms with E-state index in [1.165, 1.54) is 0 Å². The lowest BCUT2D eigenvalue weighted by Crippen LogP contribution is -2.23. The number of nitrogens with zero attached hydrogens (tertiary/aromatic N) is 1. The average Bonchev–Trinajstić information content (AvgIpc) is 2.84. The number of carboxylic acids is 1. The molecule has 2 rings (SSSR count). The first-order chi connectivity index (χ1) is 9.56. The van der Waals surface area contributed by atoms with Crippen LogP contribution in [0.15, 0.2) is 24.3 Å². The molecule has 1 aromatic carbocycles. The molecule has 6 heteroatoms. The standard InChI is InChI=1S/C14H16N2O4/c17-12(7-8-14(19)20)15-10-3-5-11(6-4-10)16-9-1-2-13(16)18/h3-6H,1-2,7-9H2,(H,15,17)(H,19,20). The lowest BCUT2D eigenvalue weighted by atomic mass is 10.2. The molecule has 0 bridgehead atoms. The molecule has 2 amide bonds. The number of hydrogen-bond acceptors (Lipinski definition) is 3. The summed E-state index contributed by atoms with van der Waals surface area (Å²) in [6, 6.07) is 6.96. The first-order valence-corrected chi connectivity index (χ1v) is 6.48. The van der Waals surface area contributed by atoms with Gasteiger partial charge in [-0.15, -0.1) is 0 Å². The normalized spacial score (nSPS) is 14.4. The number of hydrogen-bond donors (Lipinski definition) is 2. The van der Waals surface area contributed by atoms with E-state index in [4.69, 9.17) is 5.11 Å². The number of anilines is 2. The molecule has 0 unspecified atom stereocenters. The van der Waals surface area contributed by atoms with Crippen LogP contribution in [0.4, 0.5) is 11.4 Å². The van der Waals surface area contributed by atoms with E-state index in [0.717, 1.165) is 18.7 Å². The second kappa shape index (κ2) is 6.18. The largest absolute Gasteiger partial charge is 0.481 e. The van der Waals surface area contributed by atoms with Crippen LogP contribution >= 0.6 is 0 Å². The van der Waals surface area contributed by atoms with Crippen molar-refractivity contribution >= 4 is 29.2 Å². The third kappa shape index (κ3) is 3.57. The topological polar surface area (TPSA) is 86.7 Å². The number of benzene rings is 1. The van der Waals surface area contributed by atoms with E-state index in [1.807, 2.05) is 0 Å². The molecule has 0 aromatic heterocycles. The van der Waals surface area contributed by atoms with Gasteiger partial charge in [-0.05, 0) is 30.7 Å². The van der Waals surface area contributed by atoms with Crippen molar-refractivity contribution in [2.45, 2.75) is 25.7 Å². The lowest BCUT2D eigenvalue weighted by Gasteiger charge is -2.16. The van der Waals surface area contributed by atoms with E-state index >= 15 is 0 Å². The fourth-order valence-electron chi connectivity index (χ4n) is 2.09. The van der Waals surface area contributed by atoms with E-state index in [9.17, 15) is 14.4 Å². The van der Waals surface area contributed by atoms with E-state index in [0.29, 0.717) is 12.1 Å². The molecule has 1 saturated heterocycles. The highest BCUT2D eigenvalue weighted by Crippen LogP contribution is 2.23. The Hall–Kier alpha value is -2.37. The lowest BCUT2D eigenvalue weighted by molar-refractivity contribution is -0.138. The van der Waals surface area contributed by atoms with Gasteiger partial charge in [-0.25, -0.2) is 0 Å². The van der Waals surface area contributed by atoms with Gasteiger partial charge in [0.15, 0.2) is 0 Å². The summed E-state index contributed by atoms with van der Waals surface area (Å²) in [4.78, 5) is 35.1. The van der Waals surface area contributed by atoms with Crippen LogP contribution in [0.25, 0.3) is 0 Å². The van der Waals surface area contributed by atoms with Crippen LogP contribution in [0.5, 0.6) is 0 Å². The van der Waals surface area contributed by atoms with E-state index in [2.05, 4.69) is 5.32 Å². The van der Waals surface area contributed by atoms with Gasteiger partial charge in [0.2, 0.25) is 11.8 Å². The van der Waals surface area contributed by atoms with Gasteiger partial charge in [0, 0.05) is 30.8 Å². The SMILES string of the molecule is O=C(O)CCC(=O)Nc1ccc(N2CCCC2=O)cc1. The predicted molar refractivity (Wildman–Crippen MR) is 73.5 cm³/mol. The number of carbonyl (C=O) groups is 3. The maximum Gasteiger partial charge on any atom is 0.303 e. The zero-order valence-corrected chi connectivity index (χ0v) is 11.0. The number of carboxylic acid groups (broad SMARTS) is 1. The molecule has 6 nitrogen and oxygen atoms in total. The van der Waals surface area contributed by atoms with Crippen LogP contribution in [0, 0.1) is 0 Å². The van der Waals surface area contributed by atoms with Crippen LogP contribution in [0.1, 0.15) is 25.7 Å². The summed E-state index contributed by atoms with van der Waals surface area (Å²) in [5, 5.41) is 11.1. The van der Waals surface area contributed by atoms with Crippen molar-refractivity contribution in [3.8, 4) is 0 Å². The monoisotopic (exact) mass is 276 g/mol. The molecule has 1 aliphatic rings. The number of amides is 2. The molecule has 0 atom stereocenters. The highest BCUT2D eigenvalue weighted by atomic mass is 16.4. The fourth-order valence-corrected chi connectivity index (χ4v) is 2.09. The predicted octanol–water partition coefficient (Wildman–Crippen LogP) is 1.62. The minimum atomic E-state index is -0.997. The molecule has 20 heavy (non-hydrogen) atoms. The Morgan fingerprint density at radius 2 is 1.90 bits per heavy atom. The van der Waals surface area contributed by atoms with Crippen molar-refractivity contribution in [3.05, 3.63) is 24.3 Å². The molecule has 106 valence electrons. The summed E-state index contributed by atoms with van der Waals surface area (Å²) in [5.41, 5.74) is 1.41. The van der Waals surface area contributed by atoms with E-state index in [-0.39, 0.29) is 24.7 Å². The summed E-state index contributed by atoms with van der Waals surface area (Å²) in [6.45, 7) is 0.725. The maximum atomic E-state index is 11.6. The first-order valence-electron chi connectivity index (χ1n) is 6.48. The van der Waals surface area contributed by atoms with Crippen molar-refractivity contribution in [2.24, 2.45) is 0 Å². The van der Waals surface area contributed by atoms with Crippen molar-refractivity contribution in [3.63, 3.8) is 0 Å². The Bertz CT molecular complexity index is 524. The van der Waals surface area contributed by atoms with Gasteiger partial charge >= 0.3 is 5.97 Å². The van der Waals surface area contributed by atoms with Gasteiger partial charge in [-0.3, -0.25) is 14.4 Å². The van der Waals surface area contributed by atoms with Gasteiger partial charge in [-0.1, -0.05) is 0 Å². The Labute approximate surface area is 116 Å². The highest BCUT2D eigenvalue weighted by Gasteiger charge is 2.21. The summed E-state index contributed by atoms with van der Waals surface area (Å²) in [7, 11) is 0. The molecule has 0 spiro atoms. The Morgan fingerprint density at radius 1 is 1.20 bits per heavy atom. The zero-order valence-electron chi connectivity index (χ0n) is 11.0. The van der Waals surface area contributed by atoms with Crippen molar-refractivity contribution in [2.75, 3.05) is 16.8 Å². The first kappa shape index (κ1) is 14.0. The Balaban J connectivity index is 1.93. The molecule has 0 aliphatic carbocycles. The Kier molecular flexibility index (Phi) is 4.34. The summed E-state index contributed by atoms with van der Waals surface area (Å²) in [6.07, 6.45) is 1.20. The molecular formula is C14H16N2O4. The second-order valence-electron chi connectivity index (χ2n) is 4.64. The fraction of sp³-hybridized carbons (Fsp3) is 0.357. The zero-order chi connectivity index (χ0) is 14.5. The van der Waals surface area contributed by atoms with Crippen LogP contribution in [0.3, 0.4) is 0 Å². The summed E-state index contributed by atoms with van der Waals surface area (Å²) >= 11 is 0. The smallest absolute Gasteiger partial charge is 0.303 e. The van der Waals surface area contributed by atoms with Crippen LogP contribution in [-0.2, 0) is 14.4 Å².